The molecule has 2 heterocycles. The monoisotopic (exact) mass is 367 g/mol. The van der Waals surface area contributed by atoms with E-state index in [4.69, 9.17) is 4.42 Å². The second-order valence-corrected chi connectivity index (χ2v) is 6.79. The third-order valence-electron chi connectivity index (χ3n) is 2.81. The van der Waals surface area contributed by atoms with Gasteiger partial charge in [-0.25, -0.2) is 0 Å². The van der Waals surface area contributed by atoms with Gasteiger partial charge in [-0.05, 0) is 22.7 Å². The van der Waals surface area contributed by atoms with Crippen LogP contribution in [0, 0.1) is 0 Å². The van der Waals surface area contributed by atoms with Gasteiger partial charge in [0.05, 0.1) is 4.88 Å². The summed E-state index contributed by atoms with van der Waals surface area (Å²) < 4.78 is 42.9. The van der Waals surface area contributed by atoms with Crippen LogP contribution in [0.4, 0.5) is 19.2 Å². The lowest BCUT2D eigenvalue weighted by atomic mass is 10.2. The van der Waals surface area contributed by atoms with Crippen LogP contribution in [-0.2, 0) is 0 Å². The van der Waals surface area contributed by atoms with Crippen LogP contribution in [0.3, 0.4) is 0 Å². The van der Waals surface area contributed by atoms with Crippen molar-refractivity contribution in [3.63, 3.8) is 0 Å². The molecule has 0 aliphatic carbocycles. The molecule has 3 rings (SSSR count). The number of amides is 1. The van der Waals surface area contributed by atoms with E-state index in [0.717, 1.165) is 11.3 Å². The van der Waals surface area contributed by atoms with Crippen LogP contribution in [0.15, 0.2) is 46.2 Å². The smallest absolute Gasteiger partial charge is 0.362 e. The second kappa shape index (κ2) is 6.57. The molecule has 2 radical (unpaired) electrons. The molecule has 0 aliphatic rings. The number of thiophene rings is 1. The number of benzene rings is 1. The first kappa shape index (κ1) is 16.4. The highest BCUT2D eigenvalue weighted by molar-refractivity contribution is 7.13. The number of halogens is 3. The molecule has 1 aromatic carbocycles. The number of nitrogens with zero attached hydrogens (tertiary/aromatic N) is 2. The Morgan fingerprint density at radius 2 is 1.92 bits per heavy atom. The van der Waals surface area contributed by atoms with Crippen molar-refractivity contribution in [2.24, 2.45) is 0 Å². The van der Waals surface area contributed by atoms with Crippen molar-refractivity contribution < 1.29 is 22.4 Å². The van der Waals surface area contributed by atoms with Gasteiger partial charge >= 0.3 is 11.8 Å². The zero-order valence-corrected chi connectivity index (χ0v) is 13.6. The standard InChI is InChI=1S/C14H8F3N3O2SSi/c15-14(16,17)24-9-6-7-23-10(9)11(21)18-13-20-19-12(22-13)8-4-2-1-3-5-8/h1-7H,(H,18,20,21). The first-order valence-electron chi connectivity index (χ1n) is 6.55. The third-order valence-corrected chi connectivity index (χ3v) is 4.88. The van der Waals surface area contributed by atoms with E-state index in [1.165, 1.54) is 11.4 Å². The maximum absolute atomic E-state index is 12.5. The van der Waals surface area contributed by atoms with Crippen LogP contribution < -0.4 is 10.5 Å². The van der Waals surface area contributed by atoms with Gasteiger partial charge in [0.1, 0.15) is 0 Å². The fourth-order valence-corrected chi connectivity index (χ4v) is 3.70. The average molecular weight is 367 g/mol. The molecule has 1 N–H and O–H groups in total. The summed E-state index contributed by atoms with van der Waals surface area (Å²) in [4.78, 5) is 12.1. The molecule has 5 nitrogen and oxygen atoms in total. The second-order valence-electron chi connectivity index (χ2n) is 4.52. The summed E-state index contributed by atoms with van der Waals surface area (Å²) in [5.41, 5.74) is 0.667. The highest BCUT2D eigenvalue weighted by Gasteiger charge is 2.32. The van der Waals surface area contributed by atoms with E-state index >= 15 is 0 Å². The van der Waals surface area contributed by atoms with Gasteiger partial charge in [-0.15, -0.1) is 16.4 Å². The summed E-state index contributed by atoms with van der Waals surface area (Å²) >= 11 is 0.926. The molecular formula is C14H8F3N3O2SSi. The molecular weight excluding hydrogens is 359 g/mol. The van der Waals surface area contributed by atoms with Gasteiger partial charge in [0.2, 0.25) is 15.4 Å². The Morgan fingerprint density at radius 3 is 2.62 bits per heavy atom. The van der Waals surface area contributed by atoms with Crippen molar-refractivity contribution in [1.82, 2.24) is 10.2 Å². The summed E-state index contributed by atoms with van der Waals surface area (Å²) in [6, 6.07) is 10.0. The summed E-state index contributed by atoms with van der Waals surface area (Å²) in [6.07, 6.45) is 0. The lowest BCUT2D eigenvalue weighted by Gasteiger charge is -2.05. The van der Waals surface area contributed by atoms with E-state index in [0.29, 0.717) is 5.56 Å². The fraction of sp³-hybridized carbons (Fsp3) is 0.0714. The number of anilines is 1. The first-order chi connectivity index (χ1) is 11.4. The SMILES string of the molecule is O=C(Nc1nnc(-c2ccccc2)o1)c1sccc1[Si]C(F)(F)F. The van der Waals surface area contributed by atoms with Crippen LogP contribution in [0.1, 0.15) is 9.67 Å². The predicted molar refractivity (Wildman–Crippen MR) is 83.4 cm³/mol. The lowest BCUT2D eigenvalue weighted by Crippen LogP contribution is -2.33. The van der Waals surface area contributed by atoms with Crippen molar-refractivity contribution >= 4 is 38.0 Å². The Labute approximate surface area is 140 Å². The molecule has 0 fully saturated rings. The molecule has 1 amide bonds. The molecule has 0 saturated carbocycles. The van der Waals surface area contributed by atoms with E-state index in [1.807, 2.05) is 6.07 Å². The molecule has 0 bridgehead atoms. The van der Waals surface area contributed by atoms with Crippen LogP contribution in [0.5, 0.6) is 0 Å². The van der Waals surface area contributed by atoms with Crippen molar-refractivity contribution in [3.05, 3.63) is 46.7 Å². The average Bonchev–Trinajstić information content (AvgIpc) is 3.16. The van der Waals surface area contributed by atoms with Crippen molar-refractivity contribution in [2.75, 3.05) is 5.32 Å². The highest BCUT2D eigenvalue weighted by atomic mass is 32.1. The van der Waals surface area contributed by atoms with Gasteiger partial charge in [-0.3, -0.25) is 10.1 Å². The van der Waals surface area contributed by atoms with E-state index in [-0.39, 0.29) is 22.0 Å². The number of rotatable bonds is 4. The molecule has 0 spiro atoms. The quantitative estimate of drug-likeness (QED) is 0.720. The van der Waals surface area contributed by atoms with Crippen LogP contribution in [0.2, 0.25) is 0 Å². The minimum Gasteiger partial charge on any atom is -0.403 e. The Kier molecular flexibility index (Phi) is 4.49. The summed E-state index contributed by atoms with van der Waals surface area (Å²) in [5, 5.41) is 11.2. The van der Waals surface area contributed by atoms with Crippen LogP contribution in [-0.4, -0.2) is 31.4 Å². The number of aromatic nitrogens is 2. The number of alkyl halides is 3. The normalized spacial score (nSPS) is 11.5. The lowest BCUT2D eigenvalue weighted by molar-refractivity contribution is -0.0455. The summed E-state index contributed by atoms with van der Waals surface area (Å²) in [5.74, 6) is -4.87. The largest absolute Gasteiger partial charge is 0.403 e. The molecule has 0 saturated heterocycles. The number of hydrogen-bond acceptors (Lipinski definition) is 5. The maximum Gasteiger partial charge on any atom is 0.362 e. The molecule has 122 valence electrons. The Balaban J connectivity index is 1.75. The van der Waals surface area contributed by atoms with Gasteiger partial charge in [0.25, 0.3) is 5.91 Å². The Morgan fingerprint density at radius 1 is 1.17 bits per heavy atom. The molecule has 24 heavy (non-hydrogen) atoms. The first-order valence-corrected chi connectivity index (χ1v) is 8.43. The number of carbonyl (C=O) groups excluding carboxylic acids is 1. The number of carbonyl (C=O) groups is 1. The van der Waals surface area contributed by atoms with E-state index in [2.05, 4.69) is 15.5 Å². The van der Waals surface area contributed by atoms with Crippen LogP contribution in [0.25, 0.3) is 11.5 Å². The van der Waals surface area contributed by atoms with Crippen LogP contribution >= 0.6 is 11.3 Å². The zero-order chi connectivity index (χ0) is 17.2. The van der Waals surface area contributed by atoms with Gasteiger partial charge in [0.15, 0.2) is 0 Å². The van der Waals surface area contributed by atoms with E-state index in [1.54, 1.807) is 24.3 Å². The minimum absolute atomic E-state index is 0.0230. The van der Waals surface area contributed by atoms with Gasteiger partial charge in [0, 0.05) is 5.56 Å². The molecule has 0 atom stereocenters. The van der Waals surface area contributed by atoms with Crippen molar-refractivity contribution in [1.29, 1.82) is 0 Å². The molecule has 10 heteroatoms. The Hall–Kier alpha value is -2.46. The fourth-order valence-electron chi connectivity index (χ4n) is 1.86. The molecule has 0 unspecified atom stereocenters. The maximum atomic E-state index is 12.5. The van der Waals surface area contributed by atoms with Gasteiger partial charge < -0.3 is 4.42 Å². The predicted octanol–water partition coefficient (Wildman–Crippen LogP) is 2.90. The molecule has 3 aromatic rings. The number of nitrogens with one attached hydrogen (secondary N) is 1. The topological polar surface area (TPSA) is 68.0 Å². The zero-order valence-electron chi connectivity index (χ0n) is 11.8. The van der Waals surface area contributed by atoms with E-state index in [9.17, 15) is 18.0 Å². The third kappa shape index (κ3) is 3.89. The summed E-state index contributed by atoms with van der Waals surface area (Å²) in [6.45, 7) is 0. The minimum atomic E-state index is -4.36. The Bertz CT molecular complexity index is 848. The highest BCUT2D eigenvalue weighted by Crippen LogP contribution is 2.20. The van der Waals surface area contributed by atoms with Gasteiger partial charge in [-0.2, -0.15) is 13.2 Å². The number of hydrogen-bond donors (Lipinski definition) is 1. The molecule has 2 aromatic heterocycles. The summed E-state index contributed by atoms with van der Waals surface area (Å²) in [7, 11) is -1.44. The van der Waals surface area contributed by atoms with Gasteiger partial charge in [-0.1, -0.05) is 29.4 Å². The van der Waals surface area contributed by atoms with E-state index < -0.39 is 21.2 Å². The van der Waals surface area contributed by atoms with Crippen molar-refractivity contribution in [3.8, 4) is 11.5 Å². The van der Waals surface area contributed by atoms with Crippen molar-refractivity contribution in [2.45, 2.75) is 5.80 Å². The molecule has 0 aliphatic heterocycles.